The summed E-state index contributed by atoms with van der Waals surface area (Å²) in [6.07, 6.45) is 6.55. The van der Waals surface area contributed by atoms with Crippen molar-refractivity contribution in [1.82, 2.24) is 15.5 Å². The molecule has 49 heavy (non-hydrogen) atoms. The van der Waals surface area contributed by atoms with Gasteiger partial charge >= 0.3 is 0 Å². The number of nitrogens with one attached hydrogen (secondary N) is 2. The Hall–Kier alpha value is -3.56. The number of aliphatic hydroxyl groups is 1. The summed E-state index contributed by atoms with van der Waals surface area (Å²) in [7, 11) is 0. The Labute approximate surface area is 291 Å². The highest BCUT2D eigenvalue weighted by Gasteiger charge is 2.44. The number of nitrogens with zero attached hydrogens (tertiary/aromatic N) is 1. The number of ether oxygens (including phenoxy) is 2. The van der Waals surface area contributed by atoms with Crippen LogP contribution in [0.1, 0.15) is 107 Å². The highest BCUT2D eigenvalue weighted by atomic mass is 16.7. The molecule has 8 nitrogen and oxygen atoms in total. The first-order valence-electron chi connectivity index (χ1n) is 18.1. The lowest BCUT2D eigenvalue weighted by atomic mass is 9.75. The summed E-state index contributed by atoms with van der Waals surface area (Å²) in [6.45, 7) is 8.84. The zero-order valence-electron chi connectivity index (χ0n) is 29.5. The van der Waals surface area contributed by atoms with E-state index < -0.39 is 6.29 Å². The Bertz CT molecular complexity index is 1570. The van der Waals surface area contributed by atoms with E-state index in [4.69, 9.17) is 9.47 Å². The first kappa shape index (κ1) is 35.3. The highest BCUT2D eigenvalue weighted by Crippen LogP contribution is 2.42. The van der Waals surface area contributed by atoms with Crippen LogP contribution in [0.2, 0.25) is 0 Å². The fraction of sp³-hybridized carbons (Fsp3) is 0.512. The fourth-order valence-electron chi connectivity index (χ4n) is 7.92. The molecule has 2 amide bonds. The van der Waals surface area contributed by atoms with Crippen LogP contribution in [0.3, 0.4) is 0 Å². The van der Waals surface area contributed by atoms with Gasteiger partial charge in [-0.05, 0) is 86.3 Å². The molecule has 6 atom stereocenters. The Kier molecular flexibility index (Phi) is 11.2. The van der Waals surface area contributed by atoms with E-state index in [2.05, 4.69) is 51.9 Å². The first-order chi connectivity index (χ1) is 23.6. The van der Waals surface area contributed by atoms with Crippen molar-refractivity contribution in [1.29, 1.82) is 0 Å². The normalized spacial score (nSPS) is 26.1. The number of rotatable bonds is 9. The van der Waals surface area contributed by atoms with E-state index >= 15 is 0 Å². The van der Waals surface area contributed by atoms with Crippen LogP contribution in [-0.4, -0.2) is 52.1 Å². The second-order valence-electron chi connectivity index (χ2n) is 15.2. The van der Waals surface area contributed by atoms with Crippen LogP contribution >= 0.6 is 0 Å². The number of likely N-dealkylation sites (tertiary alicyclic amines) is 1. The summed E-state index contributed by atoms with van der Waals surface area (Å²) >= 11 is 0. The van der Waals surface area contributed by atoms with Crippen LogP contribution in [0.25, 0.3) is 11.1 Å². The third kappa shape index (κ3) is 8.97. The topological polar surface area (TPSA) is 100 Å². The molecule has 8 heteroatoms. The number of hydrogen-bond acceptors (Lipinski definition) is 6. The van der Waals surface area contributed by atoms with E-state index in [0.29, 0.717) is 31.5 Å². The maximum atomic E-state index is 13.8. The summed E-state index contributed by atoms with van der Waals surface area (Å²) in [4.78, 5) is 27.7. The molecule has 2 aliphatic heterocycles. The minimum Gasteiger partial charge on any atom is -0.392 e. The number of fused-ring (bicyclic) bond motifs is 1. The van der Waals surface area contributed by atoms with Crippen LogP contribution in [0.5, 0.6) is 0 Å². The number of piperidine rings is 1. The molecule has 3 N–H and O–H groups in total. The molecule has 1 saturated carbocycles. The van der Waals surface area contributed by atoms with Gasteiger partial charge in [-0.15, -0.1) is 0 Å². The SMILES string of the molecule is CC(=O)NCc1cccc(-c2ccc([C@@H]3O[C@H](CN4[C@@H](C(=O)NC(C)(C)C)CC[C@H]5CCCC[C@H]54)C[C@H](c4ccc(CO)cc4)O3)cc2)c1. The fourth-order valence-corrected chi connectivity index (χ4v) is 7.92. The van der Waals surface area contributed by atoms with Crippen LogP contribution < -0.4 is 10.6 Å². The minimum atomic E-state index is -0.574. The van der Waals surface area contributed by atoms with Crippen molar-refractivity contribution in [2.75, 3.05) is 6.54 Å². The van der Waals surface area contributed by atoms with Gasteiger partial charge in [-0.25, -0.2) is 0 Å². The van der Waals surface area contributed by atoms with Gasteiger partial charge < -0.3 is 25.2 Å². The lowest BCUT2D eigenvalue weighted by Gasteiger charge is -2.50. The third-order valence-corrected chi connectivity index (χ3v) is 10.3. The van der Waals surface area contributed by atoms with E-state index in [1.54, 1.807) is 0 Å². The molecular formula is C41H53N3O5. The molecule has 0 spiro atoms. The molecule has 3 aromatic carbocycles. The summed E-state index contributed by atoms with van der Waals surface area (Å²) in [6, 6.07) is 24.8. The van der Waals surface area contributed by atoms with E-state index in [-0.39, 0.29) is 42.2 Å². The number of carbonyl (C=O) groups excluding carboxylic acids is 2. The predicted molar refractivity (Wildman–Crippen MR) is 191 cm³/mol. The molecule has 3 fully saturated rings. The van der Waals surface area contributed by atoms with Crippen molar-refractivity contribution in [2.24, 2.45) is 5.92 Å². The Morgan fingerprint density at radius 2 is 1.59 bits per heavy atom. The Morgan fingerprint density at radius 1 is 0.857 bits per heavy atom. The number of carbonyl (C=O) groups is 2. The summed E-state index contributed by atoms with van der Waals surface area (Å²) in [5.41, 5.74) is 5.76. The Morgan fingerprint density at radius 3 is 2.31 bits per heavy atom. The second-order valence-corrected chi connectivity index (χ2v) is 15.2. The number of aliphatic hydroxyl groups excluding tert-OH is 1. The van der Waals surface area contributed by atoms with Crippen molar-refractivity contribution in [3.05, 3.63) is 95.1 Å². The highest BCUT2D eigenvalue weighted by molar-refractivity contribution is 5.82. The largest absolute Gasteiger partial charge is 0.392 e. The van der Waals surface area contributed by atoms with Gasteiger partial charge in [0.2, 0.25) is 11.8 Å². The lowest BCUT2D eigenvalue weighted by Crippen LogP contribution is -2.61. The maximum absolute atomic E-state index is 13.8. The van der Waals surface area contributed by atoms with Crippen molar-refractivity contribution in [3.8, 4) is 11.1 Å². The molecule has 0 radical (unpaired) electrons. The molecule has 2 saturated heterocycles. The zero-order chi connectivity index (χ0) is 34.5. The van der Waals surface area contributed by atoms with Crippen LogP contribution in [0.15, 0.2) is 72.8 Å². The molecule has 3 aliphatic rings. The minimum absolute atomic E-state index is 0.00179. The quantitative estimate of drug-likeness (QED) is 0.228. The smallest absolute Gasteiger partial charge is 0.237 e. The van der Waals surface area contributed by atoms with Crippen LogP contribution in [0, 0.1) is 5.92 Å². The van der Waals surface area contributed by atoms with Crippen LogP contribution in [-0.2, 0) is 32.2 Å². The van der Waals surface area contributed by atoms with E-state index in [9.17, 15) is 14.7 Å². The molecule has 1 aliphatic carbocycles. The van der Waals surface area contributed by atoms with E-state index in [1.165, 1.54) is 26.2 Å². The lowest BCUT2D eigenvalue weighted by molar-refractivity contribution is -0.255. The summed E-state index contributed by atoms with van der Waals surface area (Å²) in [5, 5.41) is 15.8. The molecule has 0 aromatic heterocycles. The number of benzene rings is 3. The van der Waals surface area contributed by atoms with Gasteiger partial charge in [-0.2, -0.15) is 0 Å². The average Bonchev–Trinajstić information content (AvgIpc) is 3.10. The van der Waals surface area contributed by atoms with Gasteiger partial charge in [0.1, 0.15) is 0 Å². The van der Waals surface area contributed by atoms with Crippen molar-refractivity contribution >= 4 is 11.8 Å². The monoisotopic (exact) mass is 667 g/mol. The van der Waals surface area contributed by atoms with Crippen molar-refractivity contribution in [3.63, 3.8) is 0 Å². The third-order valence-electron chi connectivity index (χ3n) is 10.3. The number of amides is 2. The molecule has 3 aromatic rings. The average molecular weight is 668 g/mol. The maximum Gasteiger partial charge on any atom is 0.237 e. The van der Waals surface area contributed by atoms with Gasteiger partial charge in [0.25, 0.3) is 0 Å². The standard InChI is InChI=1S/C41H53N3O5/c1-27(46)42-24-29-8-7-10-34(22-29)30-16-18-33(19-17-30)40-48-35(23-38(49-40)32-14-12-28(26-45)13-15-32)25-44-36-11-6-5-9-31(36)20-21-37(44)39(47)43-41(2,3)4/h7-8,10,12-19,22,31,35-38,40,45H,5-6,9,11,20-21,23-26H2,1-4H3,(H,42,46)(H,43,47)/t31-,35+,36-,37-,38-,40-/m1/s1. The van der Waals surface area contributed by atoms with E-state index in [1.807, 2.05) is 57.2 Å². The van der Waals surface area contributed by atoms with Gasteiger partial charge in [-0.1, -0.05) is 79.6 Å². The van der Waals surface area contributed by atoms with Gasteiger partial charge in [0.05, 0.1) is 24.9 Å². The number of hydrogen-bond donors (Lipinski definition) is 3. The molecule has 0 bridgehead atoms. The second kappa shape index (κ2) is 15.5. The van der Waals surface area contributed by atoms with Gasteiger partial charge in [0, 0.05) is 43.6 Å². The van der Waals surface area contributed by atoms with E-state index in [0.717, 1.165) is 52.6 Å². The summed E-state index contributed by atoms with van der Waals surface area (Å²) in [5.74, 6) is 0.688. The zero-order valence-corrected chi connectivity index (χ0v) is 29.5. The Balaban J connectivity index is 1.26. The summed E-state index contributed by atoms with van der Waals surface area (Å²) < 4.78 is 13.5. The van der Waals surface area contributed by atoms with Crippen molar-refractivity contribution in [2.45, 2.75) is 122 Å². The predicted octanol–water partition coefficient (Wildman–Crippen LogP) is 6.97. The van der Waals surface area contributed by atoms with Gasteiger partial charge in [0.15, 0.2) is 6.29 Å². The van der Waals surface area contributed by atoms with Gasteiger partial charge in [-0.3, -0.25) is 14.5 Å². The molecule has 2 heterocycles. The van der Waals surface area contributed by atoms with Crippen LogP contribution in [0.4, 0.5) is 0 Å². The van der Waals surface area contributed by atoms with Crippen molar-refractivity contribution < 1.29 is 24.2 Å². The molecular weight excluding hydrogens is 614 g/mol. The molecule has 6 rings (SSSR count). The molecule has 0 unspecified atom stereocenters. The molecule has 262 valence electrons. The first-order valence-corrected chi connectivity index (χ1v) is 18.1.